The predicted molar refractivity (Wildman–Crippen MR) is 85.0 cm³/mol. The Kier molecular flexibility index (Phi) is 5.04. The highest BCUT2D eigenvalue weighted by Gasteiger charge is 2.40. The molecule has 0 bridgehead atoms. The Hall–Kier alpha value is -0.380. The van der Waals surface area contributed by atoms with Gasteiger partial charge in [0, 0.05) is 23.1 Å². The van der Waals surface area contributed by atoms with Gasteiger partial charge in [0.05, 0.1) is 0 Å². The van der Waals surface area contributed by atoms with Gasteiger partial charge in [-0.2, -0.15) is 0 Å². The Morgan fingerprint density at radius 3 is 2.84 bits per heavy atom. The molecule has 106 valence electrons. The maximum atomic E-state index is 6.12. The topological polar surface area (TPSA) is 29.3 Å². The van der Waals surface area contributed by atoms with Crippen molar-refractivity contribution in [2.24, 2.45) is 11.7 Å². The first kappa shape index (κ1) is 15.0. The minimum atomic E-state index is 0.211. The van der Waals surface area contributed by atoms with Crippen molar-refractivity contribution in [1.29, 1.82) is 0 Å². The van der Waals surface area contributed by atoms with Crippen LogP contribution in [-0.4, -0.2) is 24.0 Å². The first-order valence-corrected chi connectivity index (χ1v) is 8.04. The molecule has 0 aliphatic heterocycles. The summed E-state index contributed by atoms with van der Waals surface area (Å²) in [4.78, 5) is 2.48. The van der Waals surface area contributed by atoms with Gasteiger partial charge < -0.3 is 5.73 Å². The Bertz CT molecular complexity index is 421. The van der Waals surface area contributed by atoms with E-state index in [1.165, 1.54) is 31.2 Å². The monoisotopic (exact) mass is 324 g/mol. The van der Waals surface area contributed by atoms with Crippen LogP contribution in [0.25, 0.3) is 0 Å². The van der Waals surface area contributed by atoms with Crippen LogP contribution < -0.4 is 5.73 Å². The van der Waals surface area contributed by atoms with Crippen molar-refractivity contribution in [3.05, 3.63) is 34.3 Å². The van der Waals surface area contributed by atoms with E-state index in [1.807, 2.05) is 0 Å². The van der Waals surface area contributed by atoms with Crippen LogP contribution in [0, 0.1) is 5.92 Å². The first-order chi connectivity index (χ1) is 9.09. The summed E-state index contributed by atoms with van der Waals surface area (Å²) in [5, 5.41) is 0. The molecule has 0 saturated heterocycles. The van der Waals surface area contributed by atoms with Crippen LogP contribution in [0.4, 0.5) is 0 Å². The van der Waals surface area contributed by atoms with Gasteiger partial charge in [-0.1, -0.05) is 41.4 Å². The number of rotatable bonds is 5. The fourth-order valence-electron chi connectivity index (χ4n) is 3.33. The first-order valence-electron chi connectivity index (χ1n) is 7.25. The van der Waals surface area contributed by atoms with Crippen LogP contribution in [0.3, 0.4) is 0 Å². The van der Waals surface area contributed by atoms with Gasteiger partial charge in [-0.05, 0) is 49.9 Å². The van der Waals surface area contributed by atoms with Crippen molar-refractivity contribution in [3.63, 3.8) is 0 Å². The molecule has 19 heavy (non-hydrogen) atoms. The molecule has 1 aromatic carbocycles. The molecule has 0 spiro atoms. The molecule has 1 fully saturated rings. The van der Waals surface area contributed by atoms with Gasteiger partial charge in [0.15, 0.2) is 0 Å². The van der Waals surface area contributed by atoms with E-state index in [2.05, 4.69) is 59.1 Å². The van der Waals surface area contributed by atoms with E-state index >= 15 is 0 Å². The zero-order chi connectivity index (χ0) is 13.9. The smallest absolute Gasteiger partial charge is 0.0334 e. The lowest BCUT2D eigenvalue weighted by molar-refractivity contribution is 0.119. The van der Waals surface area contributed by atoms with E-state index in [1.54, 1.807) is 0 Å². The zero-order valence-electron chi connectivity index (χ0n) is 12.0. The van der Waals surface area contributed by atoms with Gasteiger partial charge in [0.2, 0.25) is 0 Å². The molecule has 0 radical (unpaired) electrons. The van der Waals surface area contributed by atoms with Gasteiger partial charge in [0.25, 0.3) is 0 Å². The quantitative estimate of drug-likeness (QED) is 0.892. The second-order valence-electron chi connectivity index (χ2n) is 5.93. The van der Waals surface area contributed by atoms with Crippen LogP contribution in [0.1, 0.15) is 38.2 Å². The molecule has 2 nitrogen and oxygen atoms in total. The summed E-state index contributed by atoms with van der Waals surface area (Å²) in [7, 11) is 2.23. The van der Waals surface area contributed by atoms with Crippen LogP contribution in [0.2, 0.25) is 0 Å². The molecule has 1 saturated carbocycles. The summed E-state index contributed by atoms with van der Waals surface area (Å²) >= 11 is 3.54. The van der Waals surface area contributed by atoms with E-state index in [0.29, 0.717) is 0 Å². The standard InChI is InChI=1S/C16H25BrN2/c1-3-13-7-8-16(10-13,12-18)19(2)11-14-5-4-6-15(17)9-14/h4-6,9,13H,3,7-8,10-12,18H2,1-2H3. The number of halogens is 1. The van der Waals surface area contributed by atoms with Crippen LogP contribution >= 0.6 is 15.9 Å². The van der Waals surface area contributed by atoms with Crippen molar-refractivity contribution in [2.75, 3.05) is 13.6 Å². The van der Waals surface area contributed by atoms with E-state index < -0.39 is 0 Å². The largest absolute Gasteiger partial charge is 0.329 e. The van der Waals surface area contributed by atoms with E-state index in [4.69, 9.17) is 5.73 Å². The molecule has 1 aliphatic rings. The third kappa shape index (κ3) is 3.39. The number of benzene rings is 1. The zero-order valence-corrected chi connectivity index (χ0v) is 13.6. The maximum absolute atomic E-state index is 6.12. The molecule has 2 atom stereocenters. The second kappa shape index (κ2) is 6.38. The third-order valence-electron chi connectivity index (χ3n) is 4.76. The van der Waals surface area contributed by atoms with E-state index in [0.717, 1.165) is 23.5 Å². The molecule has 1 aromatic rings. The minimum Gasteiger partial charge on any atom is -0.329 e. The molecular weight excluding hydrogens is 300 g/mol. The number of hydrogen-bond acceptors (Lipinski definition) is 2. The normalized spacial score (nSPS) is 27.1. The average Bonchev–Trinajstić information content (AvgIpc) is 2.83. The summed E-state index contributed by atoms with van der Waals surface area (Å²) < 4.78 is 1.15. The van der Waals surface area contributed by atoms with Crippen LogP contribution in [-0.2, 0) is 6.54 Å². The van der Waals surface area contributed by atoms with Gasteiger partial charge in [-0.15, -0.1) is 0 Å². The molecule has 2 unspecified atom stereocenters. The highest BCUT2D eigenvalue weighted by molar-refractivity contribution is 9.10. The molecule has 0 heterocycles. The molecule has 2 rings (SSSR count). The van der Waals surface area contributed by atoms with Gasteiger partial charge in [0.1, 0.15) is 0 Å². The molecular formula is C16H25BrN2. The lowest BCUT2D eigenvalue weighted by Crippen LogP contribution is -2.49. The van der Waals surface area contributed by atoms with E-state index in [9.17, 15) is 0 Å². The van der Waals surface area contributed by atoms with Crippen molar-refractivity contribution in [1.82, 2.24) is 4.90 Å². The van der Waals surface area contributed by atoms with Crippen molar-refractivity contribution in [2.45, 2.75) is 44.7 Å². The van der Waals surface area contributed by atoms with Crippen LogP contribution in [0.5, 0.6) is 0 Å². The van der Waals surface area contributed by atoms with Gasteiger partial charge in [-0.25, -0.2) is 0 Å². The van der Waals surface area contributed by atoms with Crippen molar-refractivity contribution in [3.8, 4) is 0 Å². The predicted octanol–water partition coefficient (Wildman–Crippen LogP) is 3.79. The summed E-state index contributed by atoms with van der Waals surface area (Å²) in [6.07, 6.45) is 5.11. The molecule has 1 aliphatic carbocycles. The highest BCUT2D eigenvalue weighted by atomic mass is 79.9. The van der Waals surface area contributed by atoms with Crippen molar-refractivity contribution >= 4 is 15.9 Å². The molecule has 3 heteroatoms. The second-order valence-corrected chi connectivity index (χ2v) is 6.85. The van der Waals surface area contributed by atoms with Gasteiger partial charge in [-0.3, -0.25) is 4.90 Å². The minimum absolute atomic E-state index is 0.211. The molecule has 2 N–H and O–H groups in total. The third-order valence-corrected chi connectivity index (χ3v) is 5.26. The molecule has 0 aromatic heterocycles. The lowest BCUT2D eigenvalue weighted by atomic mass is 9.93. The number of likely N-dealkylation sites (N-methyl/N-ethyl adjacent to an activating group) is 1. The van der Waals surface area contributed by atoms with Gasteiger partial charge >= 0.3 is 0 Å². The Morgan fingerprint density at radius 1 is 1.47 bits per heavy atom. The fourth-order valence-corrected chi connectivity index (χ4v) is 3.77. The summed E-state index contributed by atoms with van der Waals surface area (Å²) in [6.45, 7) is 4.05. The maximum Gasteiger partial charge on any atom is 0.0334 e. The summed E-state index contributed by atoms with van der Waals surface area (Å²) in [6, 6.07) is 8.57. The Labute approximate surface area is 125 Å². The fraction of sp³-hybridized carbons (Fsp3) is 0.625. The SMILES string of the molecule is CCC1CCC(CN)(N(C)Cc2cccc(Br)c2)C1. The Balaban J connectivity index is 2.07. The van der Waals surface area contributed by atoms with Crippen LogP contribution in [0.15, 0.2) is 28.7 Å². The Morgan fingerprint density at radius 2 is 2.26 bits per heavy atom. The van der Waals surface area contributed by atoms with E-state index in [-0.39, 0.29) is 5.54 Å². The summed E-state index contributed by atoms with van der Waals surface area (Å²) in [5.74, 6) is 0.855. The summed E-state index contributed by atoms with van der Waals surface area (Å²) in [5.41, 5.74) is 7.68. The molecule has 0 amide bonds. The number of nitrogens with zero attached hydrogens (tertiary/aromatic N) is 1. The average molecular weight is 325 g/mol. The highest BCUT2D eigenvalue weighted by Crippen LogP contribution is 2.40. The lowest BCUT2D eigenvalue weighted by Gasteiger charge is -2.38. The van der Waals surface area contributed by atoms with Crippen molar-refractivity contribution < 1.29 is 0 Å². The number of nitrogens with two attached hydrogens (primary N) is 1. The number of hydrogen-bond donors (Lipinski definition) is 1.